The first-order chi connectivity index (χ1) is 18.5. The van der Waals surface area contributed by atoms with Crippen LogP contribution in [0.3, 0.4) is 0 Å². The molecule has 1 heterocycles. The lowest BCUT2D eigenvalue weighted by Gasteiger charge is -2.45. The van der Waals surface area contributed by atoms with Crippen molar-refractivity contribution < 1.29 is 23.8 Å². The molecule has 3 rings (SSSR count). The largest absolute Gasteiger partial charge is 0.512 e. The monoisotopic (exact) mass is 550 g/mol. The van der Waals surface area contributed by atoms with Crippen molar-refractivity contribution in [2.45, 2.75) is 96.2 Å². The average Bonchev–Trinajstić information content (AvgIpc) is 3.24. The number of rotatable bonds is 14. The third-order valence-electron chi connectivity index (χ3n) is 7.24. The Hall–Kier alpha value is -2.51. The first-order valence-electron chi connectivity index (χ1n) is 14.1. The van der Waals surface area contributed by atoms with Gasteiger partial charge in [0.2, 0.25) is 0 Å². The lowest BCUT2D eigenvalue weighted by Crippen LogP contribution is -2.67. The van der Waals surface area contributed by atoms with Crippen LogP contribution in [0.15, 0.2) is 85.2 Å². The molecule has 6 heteroatoms. The van der Waals surface area contributed by atoms with E-state index in [1.54, 1.807) is 0 Å². The van der Waals surface area contributed by atoms with Gasteiger partial charge in [-0.15, -0.1) is 6.58 Å². The second kappa shape index (κ2) is 13.7. The topological polar surface area (TPSA) is 65.0 Å². The number of carbonyl (C=O) groups is 1. The minimum Gasteiger partial charge on any atom is -0.512 e. The Labute approximate surface area is 236 Å². The summed E-state index contributed by atoms with van der Waals surface area (Å²) in [6, 6.07) is 20.9. The van der Waals surface area contributed by atoms with E-state index >= 15 is 0 Å². The summed E-state index contributed by atoms with van der Waals surface area (Å²) in [5.41, 5.74) is 0. The lowest BCUT2D eigenvalue weighted by atomic mass is 10.1. The average molecular weight is 551 g/mol. The molecule has 5 nitrogen and oxygen atoms in total. The third-order valence-corrected chi connectivity index (χ3v) is 12.3. The van der Waals surface area contributed by atoms with Gasteiger partial charge in [0.1, 0.15) is 0 Å². The summed E-state index contributed by atoms with van der Waals surface area (Å²) in [5.74, 6) is -0.573. The molecular formula is C33H46O5Si. The quantitative estimate of drug-likeness (QED) is 0.124. The molecule has 0 saturated carbocycles. The number of aliphatic hydroxyl groups is 1. The molecule has 0 aliphatic carbocycles. The SMILES string of the molecule is C=CCC[C@@H](CC(=O)/C=C(\O)CCC[C@@H]1COC(C)(C)O1)O[Si](c1ccccc1)(c1ccccc1)C(C)(C)C. The highest BCUT2D eigenvalue weighted by atomic mass is 28.4. The molecule has 2 atom stereocenters. The number of benzene rings is 2. The van der Waals surface area contributed by atoms with Crippen LogP contribution in [0.2, 0.25) is 5.04 Å². The lowest BCUT2D eigenvalue weighted by molar-refractivity contribution is -0.139. The Balaban J connectivity index is 1.79. The van der Waals surface area contributed by atoms with Gasteiger partial charge in [-0.05, 0) is 54.9 Å². The molecule has 0 unspecified atom stereocenters. The van der Waals surface area contributed by atoms with Gasteiger partial charge in [-0.25, -0.2) is 0 Å². The van der Waals surface area contributed by atoms with Crippen LogP contribution in [0, 0.1) is 0 Å². The van der Waals surface area contributed by atoms with Crippen molar-refractivity contribution in [2.24, 2.45) is 0 Å². The highest BCUT2D eigenvalue weighted by Gasteiger charge is 2.51. The minimum atomic E-state index is -2.81. The molecule has 2 aromatic carbocycles. The van der Waals surface area contributed by atoms with Crippen LogP contribution in [-0.4, -0.2) is 43.8 Å². The van der Waals surface area contributed by atoms with E-state index in [-0.39, 0.29) is 35.2 Å². The zero-order chi connectivity index (χ0) is 28.5. The number of ether oxygens (including phenoxy) is 2. The van der Waals surface area contributed by atoms with Crippen LogP contribution in [0.1, 0.15) is 73.1 Å². The molecule has 39 heavy (non-hydrogen) atoms. The Bertz CT molecular complexity index is 1050. The predicted molar refractivity (Wildman–Crippen MR) is 161 cm³/mol. The fourth-order valence-corrected chi connectivity index (χ4v) is 10.1. The number of hydrogen-bond acceptors (Lipinski definition) is 5. The molecule has 1 N–H and O–H groups in total. The summed E-state index contributed by atoms with van der Waals surface area (Å²) in [6.45, 7) is 15.0. The van der Waals surface area contributed by atoms with E-state index in [1.165, 1.54) is 16.4 Å². The van der Waals surface area contributed by atoms with Gasteiger partial charge < -0.3 is 19.0 Å². The van der Waals surface area contributed by atoms with Crippen molar-refractivity contribution in [2.75, 3.05) is 6.61 Å². The van der Waals surface area contributed by atoms with E-state index in [4.69, 9.17) is 13.9 Å². The van der Waals surface area contributed by atoms with Crippen LogP contribution in [0.4, 0.5) is 0 Å². The van der Waals surface area contributed by atoms with E-state index < -0.39 is 14.1 Å². The summed E-state index contributed by atoms with van der Waals surface area (Å²) in [7, 11) is -2.81. The van der Waals surface area contributed by atoms with Crippen LogP contribution < -0.4 is 10.4 Å². The highest BCUT2D eigenvalue weighted by molar-refractivity contribution is 6.99. The first-order valence-corrected chi connectivity index (χ1v) is 16.0. The second-order valence-electron chi connectivity index (χ2n) is 11.9. The number of ketones is 1. The zero-order valence-electron chi connectivity index (χ0n) is 24.3. The van der Waals surface area contributed by atoms with E-state index in [9.17, 15) is 9.90 Å². The molecule has 1 saturated heterocycles. The highest BCUT2D eigenvalue weighted by Crippen LogP contribution is 2.38. The van der Waals surface area contributed by atoms with Gasteiger partial charge in [0.05, 0.1) is 24.6 Å². The van der Waals surface area contributed by atoms with Gasteiger partial charge in [-0.1, -0.05) is 87.5 Å². The van der Waals surface area contributed by atoms with Crippen LogP contribution in [0.25, 0.3) is 0 Å². The maximum Gasteiger partial charge on any atom is 0.261 e. The van der Waals surface area contributed by atoms with Gasteiger partial charge in [0, 0.05) is 18.9 Å². The van der Waals surface area contributed by atoms with Crippen molar-refractivity contribution in [1.29, 1.82) is 0 Å². The molecule has 212 valence electrons. The Kier molecular flexibility index (Phi) is 10.9. The van der Waals surface area contributed by atoms with Crippen LogP contribution in [0.5, 0.6) is 0 Å². The Morgan fingerprint density at radius 1 is 1.13 bits per heavy atom. The maximum absolute atomic E-state index is 13.2. The van der Waals surface area contributed by atoms with Crippen LogP contribution in [-0.2, 0) is 18.7 Å². The second-order valence-corrected chi connectivity index (χ2v) is 16.2. The smallest absolute Gasteiger partial charge is 0.261 e. The summed E-state index contributed by atoms with van der Waals surface area (Å²) >= 11 is 0. The summed E-state index contributed by atoms with van der Waals surface area (Å²) in [6.07, 6.45) is 6.52. The Morgan fingerprint density at radius 3 is 2.21 bits per heavy atom. The van der Waals surface area contributed by atoms with E-state index in [0.717, 1.165) is 19.3 Å². The Morgan fingerprint density at radius 2 is 1.72 bits per heavy atom. The number of hydrogen-bond donors (Lipinski definition) is 1. The van der Waals surface area contributed by atoms with Gasteiger partial charge in [0.25, 0.3) is 8.32 Å². The maximum atomic E-state index is 13.2. The molecule has 0 amide bonds. The molecule has 0 radical (unpaired) electrons. The summed E-state index contributed by atoms with van der Waals surface area (Å²) in [5, 5.41) is 12.7. The van der Waals surface area contributed by atoms with Crippen molar-refractivity contribution in [3.8, 4) is 0 Å². The third kappa shape index (κ3) is 8.48. The van der Waals surface area contributed by atoms with Gasteiger partial charge in [-0.3, -0.25) is 4.79 Å². The fourth-order valence-electron chi connectivity index (χ4n) is 5.41. The van der Waals surface area contributed by atoms with Gasteiger partial charge in [-0.2, -0.15) is 0 Å². The van der Waals surface area contributed by atoms with E-state index in [2.05, 4.69) is 75.9 Å². The standard InChI is InChI=1S/C33H46O5Si/c1-7-8-17-28(24-27(35)23-26(34)16-15-18-29-25-36-33(5,6)37-29)38-39(32(2,3)4,30-19-11-9-12-20-30)31-21-13-10-14-22-31/h7,9-14,19-23,28-29,34H,1,8,15-18,24-25H2,2-6H3/b26-23-/t28-,29+/m0/s1. The predicted octanol–water partition coefficient (Wildman–Crippen LogP) is 6.62. The van der Waals surface area contributed by atoms with E-state index in [0.29, 0.717) is 19.4 Å². The minimum absolute atomic E-state index is 0.0200. The molecule has 1 aliphatic rings. The molecule has 0 spiro atoms. The summed E-state index contributed by atoms with van der Waals surface area (Å²) in [4.78, 5) is 13.2. The molecule has 1 aliphatic heterocycles. The molecule has 1 fully saturated rings. The molecule has 2 aromatic rings. The van der Waals surface area contributed by atoms with Crippen molar-refractivity contribution in [3.63, 3.8) is 0 Å². The van der Waals surface area contributed by atoms with Crippen molar-refractivity contribution in [3.05, 3.63) is 85.2 Å². The van der Waals surface area contributed by atoms with E-state index in [1.807, 2.05) is 32.1 Å². The number of aliphatic hydroxyl groups excluding tert-OH is 1. The zero-order valence-corrected chi connectivity index (χ0v) is 25.3. The normalized spacial score (nSPS) is 18.6. The fraction of sp³-hybridized carbons (Fsp3) is 0.485. The first kappa shape index (κ1) is 31.0. The molecule has 0 aromatic heterocycles. The molecule has 0 bridgehead atoms. The van der Waals surface area contributed by atoms with Crippen molar-refractivity contribution in [1.82, 2.24) is 0 Å². The van der Waals surface area contributed by atoms with Crippen molar-refractivity contribution >= 4 is 24.5 Å². The number of allylic oxidation sites excluding steroid dienone is 3. The van der Waals surface area contributed by atoms with Crippen LogP contribution >= 0.6 is 0 Å². The molecular weight excluding hydrogens is 504 g/mol. The summed E-state index contributed by atoms with van der Waals surface area (Å²) < 4.78 is 18.7. The number of carbonyl (C=O) groups excluding carboxylic acids is 1. The van der Waals surface area contributed by atoms with Gasteiger partial charge in [0.15, 0.2) is 11.6 Å². The van der Waals surface area contributed by atoms with Gasteiger partial charge >= 0.3 is 0 Å².